The Morgan fingerprint density at radius 1 is 1.07 bits per heavy atom. The van der Waals surface area contributed by atoms with Crippen LogP contribution in [0.3, 0.4) is 0 Å². The molecule has 27 heavy (non-hydrogen) atoms. The van der Waals surface area contributed by atoms with E-state index in [0.29, 0.717) is 33.9 Å². The first-order valence-corrected chi connectivity index (χ1v) is 8.33. The summed E-state index contributed by atoms with van der Waals surface area (Å²) >= 11 is 0. The van der Waals surface area contributed by atoms with Gasteiger partial charge in [0.15, 0.2) is 19.3 Å². The largest absolute Gasteiger partial charge is 0.467 e. The monoisotopic (exact) mass is 371 g/mol. The maximum Gasteiger partial charge on any atom is 0.235 e. The quantitative estimate of drug-likeness (QED) is 0.546. The van der Waals surface area contributed by atoms with Crippen molar-refractivity contribution < 1.29 is 28.5 Å². The number of ketones is 1. The molecule has 142 valence electrons. The fourth-order valence-electron chi connectivity index (χ4n) is 2.92. The number of Topliss-reactive ketones (excluding diaryl/α,β-unsaturated/α-hetero) is 1. The van der Waals surface area contributed by atoms with Crippen molar-refractivity contribution in [2.45, 2.75) is 13.8 Å². The molecule has 7 nitrogen and oxygen atoms in total. The molecule has 1 aromatic carbocycles. The van der Waals surface area contributed by atoms with Crippen LogP contribution in [0, 0.1) is 13.8 Å². The van der Waals surface area contributed by atoms with Gasteiger partial charge in [0, 0.05) is 37.7 Å². The molecule has 0 fully saturated rings. The van der Waals surface area contributed by atoms with Gasteiger partial charge in [0.05, 0.1) is 0 Å². The van der Waals surface area contributed by atoms with Gasteiger partial charge in [-0.25, -0.2) is 0 Å². The van der Waals surface area contributed by atoms with Gasteiger partial charge in [-0.2, -0.15) is 0 Å². The third-order valence-corrected chi connectivity index (χ3v) is 4.10. The summed E-state index contributed by atoms with van der Waals surface area (Å²) in [4.78, 5) is 17.1. The molecule has 0 spiro atoms. The number of rotatable bonds is 7. The van der Waals surface area contributed by atoms with Crippen LogP contribution in [-0.4, -0.2) is 38.6 Å². The van der Waals surface area contributed by atoms with E-state index in [9.17, 15) is 4.79 Å². The summed E-state index contributed by atoms with van der Waals surface area (Å²) in [6.07, 6.45) is 4.97. The topological polar surface area (TPSA) is 76.1 Å². The number of methoxy groups -OCH3 is 2. The molecular weight excluding hydrogens is 350 g/mol. The van der Waals surface area contributed by atoms with Gasteiger partial charge >= 0.3 is 0 Å². The van der Waals surface area contributed by atoms with Gasteiger partial charge in [-0.3, -0.25) is 9.78 Å². The van der Waals surface area contributed by atoms with Crippen LogP contribution >= 0.6 is 0 Å². The molecule has 0 radical (unpaired) electrons. The highest BCUT2D eigenvalue weighted by Crippen LogP contribution is 2.48. The SMILES string of the molecule is COCOc1c(C)c(OCOC)c2c(c1C)O/C(=C\c1cccnc1)C2=O. The molecule has 0 N–H and O–H groups in total. The molecule has 0 atom stereocenters. The highest BCUT2D eigenvalue weighted by Gasteiger charge is 2.36. The molecule has 0 aliphatic carbocycles. The maximum absolute atomic E-state index is 13.0. The molecule has 1 aromatic heterocycles. The average Bonchev–Trinajstić information content (AvgIpc) is 2.99. The van der Waals surface area contributed by atoms with Gasteiger partial charge in [-0.1, -0.05) is 6.07 Å². The fourth-order valence-corrected chi connectivity index (χ4v) is 2.92. The van der Waals surface area contributed by atoms with Gasteiger partial charge in [0.1, 0.15) is 22.8 Å². The van der Waals surface area contributed by atoms with E-state index in [1.54, 1.807) is 24.5 Å². The highest BCUT2D eigenvalue weighted by atomic mass is 16.7. The van der Waals surface area contributed by atoms with E-state index in [4.69, 9.17) is 23.7 Å². The van der Waals surface area contributed by atoms with E-state index < -0.39 is 0 Å². The van der Waals surface area contributed by atoms with Crippen LogP contribution in [-0.2, 0) is 9.47 Å². The number of hydrogen-bond donors (Lipinski definition) is 0. The summed E-state index contributed by atoms with van der Waals surface area (Å²) in [5, 5.41) is 0. The summed E-state index contributed by atoms with van der Waals surface area (Å²) in [6, 6.07) is 3.63. The second-order valence-electron chi connectivity index (χ2n) is 5.94. The minimum atomic E-state index is -0.260. The molecule has 1 aliphatic rings. The third-order valence-electron chi connectivity index (χ3n) is 4.10. The molecule has 2 heterocycles. The first kappa shape index (κ1) is 18.9. The van der Waals surface area contributed by atoms with Crippen LogP contribution in [0.2, 0.25) is 0 Å². The Bertz CT molecular complexity index is 876. The van der Waals surface area contributed by atoms with Crippen molar-refractivity contribution in [2.75, 3.05) is 27.8 Å². The number of fused-ring (bicyclic) bond motifs is 1. The molecule has 0 amide bonds. The van der Waals surface area contributed by atoms with Crippen LogP contribution in [0.25, 0.3) is 6.08 Å². The van der Waals surface area contributed by atoms with Crippen molar-refractivity contribution >= 4 is 11.9 Å². The number of carbonyl (C=O) groups is 1. The van der Waals surface area contributed by atoms with E-state index in [1.807, 2.05) is 19.9 Å². The zero-order valence-corrected chi connectivity index (χ0v) is 15.7. The lowest BCUT2D eigenvalue weighted by Crippen LogP contribution is -2.09. The number of benzene rings is 1. The van der Waals surface area contributed by atoms with Crippen LogP contribution in [0.4, 0.5) is 0 Å². The Morgan fingerprint density at radius 3 is 2.41 bits per heavy atom. The lowest BCUT2D eigenvalue weighted by Gasteiger charge is -2.18. The van der Waals surface area contributed by atoms with Crippen LogP contribution < -0.4 is 14.2 Å². The number of ether oxygens (including phenoxy) is 5. The number of hydrogen-bond acceptors (Lipinski definition) is 7. The van der Waals surface area contributed by atoms with E-state index in [2.05, 4.69) is 4.98 Å². The summed E-state index contributed by atoms with van der Waals surface area (Å²) < 4.78 is 27.3. The summed E-state index contributed by atoms with van der Waals surface area (Å²) in [7, 11) is 3.05. The zero-order valence-electron chi connectivity index (χ0n) is 15.7. The summed E-state index contributed by atoms with van der Waals surface area (Å²) in [6.45, 7) is 3.71. The highest BCUT2D eigenvalue weighted by molar-refractivity contribution is 6.17. The van der Waals surface area contributed by atoms with Crippen molar-refractivity contribution in [3.8, 4) is 17.2 Å². The predicted molar refractivity (Wildman–Crippen MR) is 98.1 cm³/mol. The maximum atomic E-state index is 13.0. The van der Waals surface area contributed by atoms with E-state index in [0.717, 1.165) is 5.56 Å². The van der Waals surface area contributed by atoms with E-state index >= 15 is 0 Å². The Hall–Kier alpha value is -2.90. The van der Waals surface area contributed by atoms with Crippen molar-refractivity contribution in [3.05, 3.63) is 52.5 Å². The van der Waals surface area contributed by atoms with E-state index in [-0.39, 0.29) is 25.1 Å². The Morgan fingerprint density at radius 2 is 1.78 bits per heavy atom. The standard InChI is InChI=1S/C20H21NO6/c1-12-18(25-10-23-3)13(2)20-16(19(12)26-11-24-4)17(22)15(27-20)8-14-6-5-7-21-9-14/h5-9H,10-11H2,1-4H3/b15-8-. The number of nitrogens with zero attached hydrogens (tertiary/aromatic N) is 1. The normalized spacial score (nSPS) is 14.2. The van der Waals surface area contributed by atoms with Crippen molar-refractivity contribution in [3.63, 3.8) is 0 Å². The number of carbonyl (C=O) groups excluding carboxylic acids is 1. The zero-order chi connectivity index (χ0) is 19.4. The molecule has 0 saturated heterocycles. The van der Waals surface area contributed by atoms with E-state index in [1.165, 1.54) is 14.2 Å². The van der Waals surface area contributed by atoms with Gasteiger partial charge in [0.2, 0.25) is 5.78 Å². The molecule has 0 unspecified atom stereocenters. The van der Waals surface area contributed by atoms with Crippen molar-refractivity contribution in [1.82, 2.24) is 4.98 Å². The average molecular weight is 371 g/mol. The third kappa shape index (κ3) is 3.65. The number of pyridine rings is 1. The molecule has 0 saturated carbocycles. The van der Waals surface area contributed by atoms with Gasteiger partial charge in [-0.05, 0) is 31.6 Å². The number of aromatic nitrogens is 1. The van der Waals surface area contributed by atoms with Gasteiger partial charge < -0.3 is 23.7 Å². The van der Waals surface area contributed by atoms with Crippen molar-refractivity contribution in [2.24, 2.45) is 0 Å². The Labute approximate surface area is 157 Å². The van der Waals surface area contributed by atoms with Gasteiger partial charge in [-0.15, -0.1) is 0 Å². The summed E-state index contributed by atoms with van der Waals surface area (Å²) in [5.74, 6) is 1.29. The second kappa shape index (κ2) is 8.20. The van der Waals surface area contributed by atoms with Crippen molar-refractivity contribution in [1.29, 1.82) is 0 Å². The fraction of sp³-hybridized carbons (Fsp3) is 0.300. The van der Waals surface area contributed by atoms with Crippen LogP contribution in [0.1, 0.15) is 27.0 Å². The minimum Gasteiger partial charge on any atom is -0.467 e. The summed E-state index contributed by atoms with van der Waals surface area (Å²) in [5.41, 5.74) is 2.51. The van der Waals surface area contributed by atoms with Crippen LogP contribution in [0.5, 0.6) is 17.2 Å². The molecule has 3 rings (SSSR count). The van der Waals surface area contributed by atoms with Gasteiger partial charge in [0.25, 0.3) is 0 Å². The van der Waals surface area contributed by atoms with Crippen LogP contribution in [0.15, 0.2) is 30.3 Å². The molecular formula is C20H21NO6. The Kier molecular flexibility index (Phi) is 5.73. The first-order valence-electron chi connectivity index (χ1n) is 8.33. The smallest absolute Gasteiger partial charge is 0.235 e. The first-order chi connectivity index (χ1) is 13.1. The molecule has 0 bridgehead atoms. The second-order valence-corrected chi connectivity index (χ2v) is 5.94. The Balaban J connectivity index is 2.10. The predicted octanol–water partition coefficient (Wildman–Crippen LogP) is 3.28. The number of allylic oxidation sites excluding steroid dienone is 1. The lowest BCUT2D eigenvalue weighted by molar-refractivity contribution is 0.0443. The molecule has 2 aromatic rings. The minimum absolute atomic E-state index is 0.00497. The molecule has 1 aliphatic heterocycles. The lowest BCUT2D eigenvalue weighted by atomic mass is 10.00. The molecule has 7 heteroatoms.